The first kappa shape index (κ1) is 41.8. The fourth-order valence-electron chi connectivity index (χ4n) is 16.8. The molecule has 0 aromatic heterocycles. The van der Waals surface area contributed by atoms with Gasteiger partial charge in [-0.3, -0.25) is 19.2 Å². The van der Waals surface area contributed by atoms with Crippen molar-refractivity contribution in [1.29, 1.82) is 0 Å². The average molecular weight is 777 g/mol. The highest BCUT2D eigenvalue weighted by molar-refractivity contribution is 5.79. The normalized spacial score (nSPS) is 41.7. The van der Waals surface area contributed by atoms with Crippen LogP contribution in [0.25, 0.3) is 0 Å². The maximum absolute atomic E-state index is 13.7. The van der Waals surface area contributed by atoms with Crippen molar-refractivity contribution in [1.82, 2.24) is 10.6 Å². The second-order valence-corrected chi connectivity index (χ2v) is 22.7. The lowest BCUT2D eigenvalue weighted by molar-refractivity contribution is -0.238. The van der Waals surface area contributed by atoms with Crippen molar-refractivity contribution in [3.63, 3.8) is 0 Å². The molecule has 7 saturated carbocycles. The maximum atomic E-state index is 13.7. The fraction of sp³-hybridized carbons (Fsp3) is 0.875. The standard InChI is InChI=1S/C48H76N2O6/c1-31(2)32-14-23-48(30-49-37(51)26-46(28-39(53)54)17-8-9-18-46)25-24-44(6)33(41(32)48)12-13-35-43(5)21-16-36(42(3,4)34(43)15-22-45(35,44)7)50-38(52)27-47(29-40(55)56)19-10-11-20-47/h32-36,41H,1,8-30H2,2-7H3,(H,49,51)(H,50,52)(H,53,54)(H,55,56)/t32-,33+,34-,35+,36?,41+,43-,44+,45+,48+/m0/s1. The van der Waals surface area contributed by atoms with Crippen molar-refractivity contribution in [2.75, 3.05) is 6.54 Å². The van der Waals surface area contributed by atoms with Crippen LogP contribution in [0, 0.1) is 67.5 Å². The molecule has 314 valence electrons. The molecule has 0 aromatic rings. The molecule has 1 unspecified atom stereocenters. The van der Waals surface area contributed by atoms with E-state index in [2.05, 4.69) is 58.8 Å². The van der Waals surface area contributed by atoms with Crippen molar-refractivity contribution in [2.24, 2.45) is 67.5 Å². The Hall–Kier alpha value is -2.38. The van der Waals surface area contributed by atoms with E-state index in [9.17, 15) is 29.4 Å². The number of carbonyl (C=O) groups is 4. The molecule has 4 N–H and O–H groups in total. The molecule has 0 aliphatic heterocycles. The van der Waals surface area contributed by atoms with E-state index in [1.165, 1.54) is 37.7 Å². The summed E-state index contributed by atoms with van der Waals surface area (Å²) in [6.45, 7) is 20.3. The first-order chi connectivity index (χ1) is 26.2. The minimum Gasteiger partial charge on any atom is -0.481 e. The van der Waals surface area contributed by atoms with Gasteiger partial charge in [0, 0.05) is 25.4 Å². The van der Waals surface area contributed by atoms with E-state index < -0.39 is 22.8 Å². The lowest BCUT2D eigenvalue weighted by atomic mass is 9.32. The average Bonchev–Trinajstić information content (AvgIpc) is 3.84. The summed E-state index contributed by atoms with van der Waals surface area (Å²) < 4.78 is 0. The number of allylic oxidation sites excluding steroid dienone is 1. The van der Waals surface area contributed by atoms with Crippen LogP contribution in [0.15, 0.2) is 12.2 Å². The van der Waals surface area contributed by atoms with E-state index in [0.29, 0.717) is 49.0 Å². The van der Waals surface area contributed by atoms with Crippen molar-refractivity contribution in [3.8, 4) is 0 Å². The zero-order chi connectivity index (χ0) is 40.5. The summed E-state index contributed by atoms with van der Waals surface area (Å²) >= 11 is 0. The lowest BCUT2D eigenvalue weighted by Crippen LogP contribution is -2.68. The van der Waals surface area contributed by atoms with E-state index in [-0.39, 0.29) is 57.8 Å². The molecule has 0 heterocycles. The summed E-state index contributed by atoms with van der Waals surface area (Å²) in [6, 6.07) is 0.0978. The third-order valence-corrected chi connectivity index (χ3v) is 19.7. The summed E-state index contributed by atoms with van der Waals surface area (Å²) in [4.78, 5) is 51.0. The molecule has 0 spiro atoms. The predicted octanol–water partition coefficient (Wildman–Crippen LogP) is 10.1. The number of rotatable bonds is 12. The van der Waals surface area contributed by atoms with Gasteiger partial charge in [-0.15, -0.1) is 0 Å². The van der Waals surface area contributed by atoms with E-state index >= 15 is 0 Å². The van der Waals surface area contributed by atoms with Crippen molar-refractivity contribution >= 4 is 23.8 Å². The summed E-state index contributed by atoms with van der Waals surface area (Å²) in [5, 5.41) is 26.3. The molecular weight excluding hydrogens is 701 g/mol. The first-order valence-corrected chi connectivity index (χ1v) is 22.9. The van der Waals surface area contributed by atoms with Crippen molar-refractivity contribution in [3.05, 3.63) is 12.2 Å². The van der Waals surface area contributed by atoms with Crippen LogP contribution in [0.5, 0.6) is 0 Å². The third-order valence-electron chi connectivity index (χ3n) is 19.7. The van der Waals surface area contributed by atoms with Crippen molar-refractivity contribution < 1.29 is 29.4 Å². The Balaban J connectivity index is 1.08. The number of carboxylic acids is 2. The molecule has 0 bridgehead atoms. The highest BCUT2D eigenvalue weighted by Crippen LogP contribution is 2.77. The molecule has 8 nitrogen and oxygen atoms in total. The molecule has 8 heteroatoms. The number of carboxylic acid groups (broad SMARTS) is 2. The number of carbonyl (C=O) groups excluding carboxylic acids is 2. The maximum Gasteiger partial charge on any atom is 0.303 e. The molecule has 56 heavy (non-hydrogen) atoms. The number of nitrogens with one attached hydrogen (secondary N) is 2. The van der Waals surface area contributed by atoms with Gasteiger partial charge in [0.05, 0.1) is 12.8 Å². The lowest BCUT2D eigenvalue weighted by Gasteiger charge is -2.73. The number of hydrogen-bond donors (Lipinski definition) is 4. The van der Waals surface area contributed by atoms with Gasteiger partial charge in [0.1, 0.15) is 0 Å². The van der Waals surface area contributed by atoms with Gasteiger partial charge in [-0.1, -0.05) is 72.5 Å². The number of amides is 2. The van der Waals surface area contributed by atoms with E-state index in [0.717, 1.165) is 83.5 Å². The van der Waals surface area contributed by atoms with Gasteiger partial charge in [-0.2, -0.15) is 0 Å². The quantitative estimate of drug-likeness (QED) is 0.146. The molecule has 0 saturated heterocycles. The van der Waals surface area contributed by atoms with E-state index in [1.54, 1.807) is 0 Å². The Morgan fingerprint density at radius 2 is 1.21 bits per heavy atom. The zero-order valence-electron chi connectivity index (χ0n) is 36.0. The molecule has 7 rings (SSSR count). The smallest absolute Gasteiger partial charge is 0.303 e. The Morgan fingerprint density at radius 1 is 0.625 bits per heavy atom. The predicted molar refractivity (Wildman–Crippen MR) is 219 cm³/mol. The van der Waals surface area contributed by atoms with Gasteiger partial charge in [0.25, 0.3) is 0 Å². The SMILES string of the molecule is C=C(C)[C@@H]1CC[C@]2(CNC(=O)CC3(CC(=O)O)CCCC3)CC[C@]3(C)[C@H](CC[C@@H]4[C@@]5(C)CCC(NC(=O)CC6(CC(=O)O)CCCC6)C(C)(C)[C@@H]5CC[C@]43C)[C@@H]12. The third kappa shape index (κ3) is 6.88. The van der Waals surface area contributed by atoms with Gasteiger partial charge in [-0.25, -0.2) is 0 Å². The highest BCUT2D eigenvalue weighted by atomic mass is 16.4. The first-order valence-electron chi connectivity index (χ1n) is 22.9. The van der Waals surface area contributed by atoms with Crippen LogP contribution in [0.2, 0.25) is 0 Å². The molecule has 0 aromatic carbocycles. The van der Waals surface area contributed by atoms with Gasteiger partial charge in [-0.05, 0) is 164 Å². The Labute approximate surface area is 337 Å². The van der Waals surface area contributed by atoms with E-state index in [4.69, 9.17) is 0 Å². The molecule has 7 aliphatic rings. The Bertz CT molecular complexity index is 1570. The van der Waals surface area contributed by atoms with Crippen LogP contribution in [0.3, 0.4) is 0 Å². The Kier molecular flexibility index (Phi) is 11.0. The molecule has 0 radical (unpaired) electrons. The second-order valence-electron chi connectivity index (χ2n) is 22.7. The summed E-state index contributed by atoms with van der Waals surface area (Å²) in [5.74, 6) is 1.16. The molecular formula is C48H76N2O6. The summed E-state index contributed by atoms with van der Waals surface area (Å²) in [5.41, 5.74) is 1.07. The number of hydrogen-bond acceptors (Lipinski definition) is 4. The second kappa shape index (κ2) is 14.7. The van der Waals surface area contributed by atoms with Gasteiger partial charge < -0.3 is 20.8 Å². The number of aliphatic carboxylic acids is 2. The highest BCUT2D eigenvalue weighted by Gasteiger charge is 2.71. The van der Waals surface area contributed by atoms with Crippen LogP contribution < -0.4 is 10.6 Å². The fourth-order valence-corrected chi connectivity index (χ4v) is 16.8. The molecule has 10 atom stereocenters. The number of fused-ring (bicyclic) bond motifs is 7. The van der Waals surface area contributed by atoms with Crippen LogP contribution in [-0.2, 0) is 19.2 Å². The van der Waals surface area contributed by atoms with Gasteiger partial charge >= 0.3 is 11.9 Å². The van der Waals surface area contributed by atoms with Gasteiger partial charge in [0.2, 0.25) is 11.8 Å². The van der Waals surface area contributed by atoms with Crippen LogP contribution in [0.1, 0.15) is 183 Å². The monoisotopic (exact) mass is 777 g/mol. The largest absolute Gasteiger partial charge is 0.481 e. The molecule has 7 aliphatic carbocycles. The van der Waals surface area contributed by atoms with E-state index in [1.807, 2.05) is 0 Å². The summed E-state index contributed by atoms with van der Waals surface area (Å²) in [7, 11) is 0. The minimum absolute atomic E-state index is 0.0445. The van der Waals surface area contributed by atoms with Crippen LogP contribution in [-0.4, -0.2) is 46.6 Å². The Morgan fingerprint density at radius 3 is 1.79 bits per heavy atom. The molecule has 7 fully saturated rings. The summed E-state index contributed by atoms with van der Waals surface area (Å²) in [6.07, 6.45) is 19.7. The van der Waals surface area contributed by atoms with Crippen LogP contribution in [0.4, 0.5) is 0 Å². The van der Waals surface area contributed by atoms with Crippen molar-refractivity contribution in [2.45, 2.75) is 189 Å². The topological polar surface area (TPSA) is 133 Å². The zero-order valence-corrected chi connectivity index (χ0v) is 36.0. The van der Waals surface area contributed by atoms with Crippen LogP contribution >= 0.6 is 0 Å². The van der Waals surface area contributed by atoms with Gasteiger partial charge in [0.15, 0.2) is 0 Å². The minimum atomic E-state index is -0.789. The molecule has 2 amide bonds.